The fourth-order valence-electron chi connectivity index (χ4n) is 2.30. The third-order valence-corrected chi connectivity index (χ3v) is 3.98. The SMILES string of the molecule is CCC(C(=N)C(=O)OC(C)(C)C)c1ncc(-c2ccc(Br)cc2)[nH]1. The number of carbonyl (C=O) groups is 1. The van der Waals surface area contributed by atoms with Crippen LogP contribution in [0.3, 0.4) is 0 Å². The van der Waals surface area contributed by atoms with Crippen molar-refractivity contribution in [3.63, 3.8) is 0 Å². The van der Waals surface area contributed by atoms with Gasteiger partial charge in [0.25, 0.3) is 0 Å². The second-order valence-corrected chi connectivity index (χ2v) is 7.48. The first-order valence-corrected chi connectivity index (χ1v) is 8.63. The van der Waals surface area contributed by atoms with Crippen LogP contribution < -0.4 is 0 Å². The molecule has 128 valence electrons. The highest BCUT2D eigenvalue weighted by molar-refractivity contribution is 9.10. The number of ether oxygens (including phenoxy) is 1. The molecule has 1 unspecified atom stereocenters. The van der Waals surface area contributed by atoms with E-state index in [9.17, 15) is 4.79 Å². The zero-order valence-corrected chi connectivity index (χ0v) is 15.9. The predicted octanol–water partition coefficient (Wildman–Crippen LogP) is 4.69. The number of esters is 1. The monoisotopic (exact) mass is 391 g/mol. The van der Waals surface area contributed by atoms with E-state index in [2.05, 4.69) is 25.9 Å². The minimum atomic E-state index is -0.618. The Hall–Kier alpha value is -1.95. The Morgan fingerprint density at radius 3 is 2.50 bits per heavy atom. The lowest BCUT2D eigenvalue weighted by atomic mass is 9.99. The highest BCUT2D eigenvalue weighted by Crippen LogP contribution is 2.25. The Labute approximate surface area is 150 Å². The number of H-pyrrole nitrogens is 1. The molecule has 2 aromatic rings. The van der Waals surface area contributed by atoms with Crippen LogP contribution >= 0.6 is 15.9 Å². The number of halogens is 1. The van der Waals surface area contributed by atoms with Crippen molar-refractivity contribution in [1.82, 2.24) is 9.97 Å². The second kappa shape index (κ2) is 7.30. The lowest BCUT2D eigenvalue weighted by Gasteiger charge is -2.21. The fourth-order valence-corrected chi connectivity index (χ4v) is 2.56. The van der Waals surface area contributed by atoms with Gasteiger partial charge in [-0.3, -0.25) is 5.41 Å². The van der Waals surface area contributed by atoms with Gasteiger partial charge in [0.15, 0.2) is 0 Å². The van der Waals surface area contributed by atoms with Crippen LogP contribution in [0.15, 0.2) is 34.9 Å². The van der Waals surface area contributed by atoms with Gasteiger partial charge >= 0.3 is 5.97 Å². The van der Waals surface area contributed by atoms with Gasteiger partial charge in [-0.15, -0.1) is 0 Å². The standard InChI is InChI=1S/C18H22BrN3O2/c1-5-13(15(20)17(23)24-18(2,3)4)16-21-10-14(22-16)11-6-8-12(19)9-7-11/h6-10,13,20H,5H2,1-4H3,(H,21,22). The van der Waals surface area contributed by atoms with Gasteiger partial charge in [0.05, 0.1) is 17.8 Å². The Morgan fingerprint density at radius 1 is 1.33 bits per heavy atom. The minimum absolute atomic E-state index is 0.0795. The second-order valence-electron chi connectivity index (χ2n) is 6.57. The van der Waals surface area contributed by atoms with Crippen molar-refractivity contribution in [3.8, 4) is 11.3 Å². The molecule has 1 atom stereocenters. The zero-order valence-electron chi connectivity index (χ0n) is 14.3. The van der Waals surface area contributed by atoms with Crippen LogP contribution in [-0.4, -0.2) is 27.2 Å². The number of rotatable bonds is 5. The zero-order chi connectivity index (χ0) is 17.9. The molecule has 24 heavy (non-hydrogen) atoms. The molecule has 1 heterocycles. The van der Waals surface area contributed by atoms with E-state index in [-0.39, 0.29) is 5.71 Å². The van der Waals surface area contributed by atoms with Crippen molar-refractivity contribution in [3.05, 3.63) is 40.8 Å². The maximum absolute atomic E-state index is 12.2. The quantitative estimate of drug-likeness (QED) is 0.572. The molecule has 1 aromatic heterocycles. The Bertz CT molecular complexity index is 729. The van der Waals surface area contributed by atoms with Gasteiger partial charge < -0.3 is 9.72 Å². The molecule has 0 fully saturated rings. The van der Waals surface area contributed by atoms with Crippen molar-refractivity contribution in [2.45, 2.75) is 45.6 Å². The number of aromatic amines is 1. The Kier molecular flexibility index (Phi) is 5.59. The molecule has 0 spiro atoms. The number of nitrogens with one attached hydrogen (secondary N) is 2. The van der Waals surface area contributed by atoms with Gasteiger partial charge in [0.2, 0.25) is 0 Å². The molecule has 0 radical (unpaired) electrons. The van der Waals surface area contributed by atoms with Crippen molar-refractivity contribution in [2.24, 2.45) is 0 Å². The summed E-state index contributed by atoms with van der Waals surface area (Å²) in [5.41, 5.74) is 1.15. The summed E-state index contributed by atoms with van der Waals surface area (Å²) >= 11 is 3.41. The molecule has 0 aliphatic heterocycles. The molecule has 0 bridgehead atoms. The van der Waals surface area contributed by atoms with Gasteiger partial charge in [0, 0.05) is 4.47 Å². The first-order chi connectivity index (χ1) is 11.2. The van der Waals surface area contributed by atoms with E-state index in [1.807, 2.05) is 31.2 Å². The topological polar surface area (TPSA) is 78.8 Å². The van der Waals surface area contributed by atoms with E-state index < -0.39 is 17.5 Å². The molecule has 0 amide bonds. The van der Waals surface area contributed by atoms with Crippen molar-refractivity contribution in [2.75, 3.05) is 0 Å². The molecular formula is C18H22BrN3O2. The molecule has 0 saturated carbocycles. The van der Waals surface area contributed by atoms with Crippen LogP contribution in [0.25, 0.3) is 11.3 Å². The summed E-state index contributed by atoms with van der Waals surface area (Å²) in [4.78, 5) is 19.7. The summed E-state index contributed by atoms with van der Waals surface area (Å²) in [6.07, 6.45) is 2.31. The summed E-state index contributed by atoms with van der Waals surface area (Å²) in [6, 6.07) is 7.86. The first-order valence-electron chi connectivity index (χ1n) is 7.84. The van der Waals surface area contributed by atoms with E-state index in [1.54, 1.807) is 27.0 Å². The van der Waals surface area contributed by atoms with E-state index in [0.717, 1.165) is 15.7 Å². The maximum atomic E-state index is 12.2. The molecule has 5 nitrogen and oxygen atoms in total. The number of hydrogen-bond acceptors (Lipinski definition) is 4. The highest BCUT2D eigenvalue weighted by atomic mass is 79.9. The van der Waals surface area contributed by atoms with Crippen LogP contribution in [0.5, 0.6) is 0 Å². The molecule has 6 heteroatoms. The summed E-state index contributed by atoms with van der Waals surface area (Å²) in [5.74, 6) is -0.411. The van der Waals surface area contributed by atoms with Gasteiger partial charge in [-0.25, -0.2) is 9.78 Å². The van der Waals surface area contributed by atoms with Gasteiger partial charge in [0.1, 0.15) is 17.1 Å². The molecule has 0 saturated heterocycles. The summed E-state index contributed by atoms with van der Waals surface area (Å²) < 4.78 is 6.30. The van der Waals surface area contributed by atoms with Crippen LogP contribution in [-0.2, 0) is 9.53 Å². The number of aromatic nitrogens is 2. The van der Waals surface area contributed by atoms with Gasteiger partial charge in [-0.2, -0.15) is 0 Å². The van der Waals surface area contributed by atoms with E-state index in [1.165, 1.54) is 0 Å². The predicted molar refractivity (Wildman–Crippen MR) is 98.3 cm³/mol. The summed E-state index contributed by atoms with van der Waals surface area (Å²) in [6.45, 7) is 7.29. The van der Waals surface area contributed by atoms with Crippen molar-refractivity contribution >= 4 is 27.6 Å². The lowest BCUT2D eigenvalue weighted by Crippen LogP contribution is -2.31. The van der Waals surface area contributed by atoms with E-state index in [4.69, 9.17) is 10.1 Å². The van der Waals surface area contributed by atoms with Gasteiger partial charge in [-0.1, -0.05) is 35.0 Å². The summed E-state index contributed by atoms with van der Waals surface area (Å²) in [7, 11) is 0. The lowest BCUT2D eigenvalue weighted by molar-refractivity contribution is -0.146. The average Bonchev–Trinajstić information content (AvgIpc) is 2.96. The Morgan fingerprint density at radius 2 is 1.96 bits per heavy atom. The number of benzene rings is 1. The van der Waals surface area contributed by atoms with Crippen LogP contribution in [0, 0.1) is 5.41 Å². The van der Waals surface area contributed by atoms with E-state index >= 15 is 0 Å². The number of hydrogen-bond donors (Lipinski definition) is 2. The molecule has 2 rings (SSSR count). The normalized spacial score (nSPS) is 12.7. The number of carbonyl (C=O) groups excluding carboxylic acids is 1. The molecule has 0 aliphatic carbocycles. The maximum Gasteiger partial charge on any atom is 0.353 e. The van der Waals surface area contributed by atoms with Crippen LogP contribution in [0.4, 0.5) is 0 Å². The number of imidazole rings is 1. The fraction of sp³-hybridized carbons (Fsp3) is 0.389. The third kappa shape index (κ3) is 4.54. The highest BCUT2D eigenvalue weighted by Gasteiger charge is 2.28. The smallest absolute Gasteiger partial charge is 0.353 e. The number of nitrogens with zero attached hydrogens (tertiary/aromatic N) is 1. The molecule has 2 N–H and O–H groups in total. The van der Waals surface area contributed by atoms with Gasteiger partial charge in [-0.05, 0) is 44.9 Å². The largest absolute Gasteiger partial charge is 0.455 e. The van der Waals surface area contributed by atoms with Crippen molar-refractivity contribution in [1.29, 1.82) is 5.41 Å². The molecule has 1 aromatic carbocycles. The van der Waals surface area contributed by atoms with E-state index in [0.29, 0.717) is 12.2 Å². The Balaban J connectivity index is 2.21. The average molecular weight is 392 g/mol. The first kappa shape index (κ1) is 18.4. The third-order valence-electron chi connectivity index (χ3n) is 3.46. The van der Waals surface area contributed by atoms with Crippen molar-refractivity contribution < 1.29 is 9.53 Å². The molecule has 0 aliphatic rings. The molecular weight excluding hydrogens is 370 g/mol. The van der Waals surface area contributed by atoms with Crippen LogP contribution in [0.2, 0.25) is 0 Å². The minimum Gasteiger partial charge on any atom is -0.455 e. The van der Waals surface area contributed by atoms with Crippen LogP contribution in [0.1, 0.15) is 45.9 Å². The summed E-state index contributed by atoms with van der Waals surface area (Å²) in [5, 5.41) is 8.17.